The van der Waals surface area contributed by atoms with Gasteiger partial charge in [0.05, 0.1) is 25.0 Å². The van der Waals surface area contributed by atoms with Crippen LogP contribution in [0.5, 0.6) is 0 Å². The monoisotopic (exact) mass is 323 g/mol. The molecule has 19 heavy (non-hydrogen) atoms. The average molecular weight is 324 g/mol. The van der Waals surface area contributed by atoms with Crippen LogP contribution in [0.1, 0.15) is 11.3 Å². The highest BCUT2D eigenvalue weighted by molar-refractivity contribution is 9.10. The third-order valence-electron chi connectivity index (χ3n) is 2.54. The molecule has 1 aromatic carbocycles. The first-order valence-corrected chi connectivity index (χ1v) is 6.54. The summed E-state index contributed by atoms with van der Waals surface area (Å²) >= 11 is 3.47. The van der Waals surface area contributed by atoms with Gasteiger partial charge < -0.3 is 11.1 Å². The van der Waals surface area contributed by atoms with Gasteiger partial charge in [0.15, 0.2) is 0 Å². The number of halogens is 1. The molecule has 0 saturated heterocycles. The quantitative estimate of drug-likeness (QED) is 0.875. The third kappa shape index (κ3) is 3.39. The summed E-state index contributed by atoms with van der Waals surface area (Å²) < 4.78 is 2.60. The molecule has 6 nitrogen and oxygen atoms in total. The van der Waals surface area contributed by atoms with E-state index >= 15 is 0 Å². The Bertz CT molecular complexity index is 596. The van der Waals surface area contributed by atoms with Crippen LogP contribution in [0.15, 0.2) is 28.9 Å². The average Bonchev–Trinajstić information content (AvgIpc) is 2.87. The van der Waals surface area contributed by atoms with Crippen molar-refractivity contribution in [2.75, 3.05) is 6.54 Å². The lowest BCUT2D eigenvalue weighted by atomic mass is 10.2. The van der Waals surface area contributed by atoms with E-state index < -0.39 is 0 Å². The Labute approximate surface area is 119 Å². The van der Waals surface area contributed by atoms with Crippen LogP contribution >= 0.6 is 15.9 Å². The van der Waals surface area contributed by atoms with Crippen molar-refractivity contribution >= 4 is 21.8 Å². The normalized spacial score (nSPS) is 10.5. The summed E-state index contributed by atoms with van der Waals surface area (Å²) in [5, 5.41) is 10.7. The van der Waals surface area contributed by atoms with Gasteiger partial charge in [-0.1, -0.05) is 11.3 Å². The number of benzene rings is 1. The summed E-state index contributed by atoms with van der Waals surface area (Å²) in [5.41, 5.74) is 7.92. The molecular weight excluding hydrogens is 310 g/mol. The van der Waals surface area contributed by atoms with E-state index in [1.807, 2.05) is 25.1 Å². The first kappa shape index (κ1) is 13.7. The van der Waals surface area contributed by atoms with Crippen LogP contribution in [0.25, 0.3) is 5.69 Å². The van der Waals surface area contributed by atoms with Gasteiger partial charge in [0.1, 0.15) is 5.69 Å². The van der Waals surface area contributed by atoms with E-state index in [1.54, 1.807) is 10.9 Å². The van der Waals surface area contributed by atoms with Crippen molar-refractivity contribution in [2.24, 2.45) is 5.73 Å². The van der Waals surface area contributed by atoms with Crippen molar-refractivity contribution in [3.63, 3.8) is 0 Å². The molecule has 0 unspecified atom stereocenters. The van der Waals surface area contributed by atoms with Gasteiger partial charge in [0, 0.05) is 4.47 Å². The van der Waals surface area contributed by atoms with Crippen LogP contribution in [-0.2, 0) is 11.3 Å². The lowest BCUT2D eigenvalue weighted by Crippen LogP contribution is -2.29. The Balaban J connectivity index is 2.16. The number of hydrogen-bond acceptors (Lipinski definition) is 4. The fourth-order valence-corrected chi connectivity index (χ4v) is 1.99. The molecule has 1 heterocycles. The summed E-state index contributed by atoms with van der Waals surface area (Å²) in [4.78, 5) is 11.1. The lowest BCUT2D eigenvalue weighted by Gasteiger charge is -2.04. The lowest BCUT2D eigenvalue weighted by molar-refractivity contribution is -0.119. The van der Waals surface area contributed by atoms with Crippen molar-refractivity contribution in [1.82, 2.24) is 20.3 Å². The number of hydrogen-bond donors (Lipinski definition) is 2. The van der Waals surface area contributed by atoms with E-state index in [0.717, 1.165) is 15.7 Å². The first-order valence-electron chi connectivity index (χ1n) is 5.74. The van der Waals surface area contributed by atoms with Crippen molar-refractivity contribution in [3.05, 3.63) is 40.1 Å². The van der Waals surface area contributed by atoms with Gasteiger partial charge in [-0.3, -0.25) is 4.79 Å². The molecule has 0 atom stereocenters. The smallest absolute Gasteiger partial charge is 0.234 e. The molecule has 0 aliphatic carbocycles. The molecule has 0 aliphatic rings. The number of carbonyl (C=O) groups is 1. The maximum absolute atomic E-state index is 11.1. The number of nitrogens with one attached hydrogen (secondary N) is 1. The van der Waals surface area contributed by atoms with E-state index in [4.69, 9.17) is 5.73 Å². The van der Waals surface area contributed by atoms with Gasteiger partial charge >= 0.3 is 0 Å². The zero-order chi connectivity index (χ0) is 13.8. The van der Waals surface area contributed by atoms with E-state index in [-0.39, 0.29) is 12.5 Å². The zero-order valence-electron chi connectivity index (χ0n) is 10.4. The Morgan fingerprint density at radius 2 is 2.32 bits per heavy atom. The fraction of sp³-hybridized carbons (Fsp3) is 0.250. The second-order valence-electron chi connectivity index (χ2n) is 4.09. The molecule has 2 aromatic rings. The molecule has 3 N–H and O–H groups in total. The standard InChI is InChI=1S/C12H14BrN5O/c1-8-2-3-10(13)11(4-8)18-7-9(16-17-18)6-15-12(19)5-14/h2-4,7H,5-6,14H2,1H3,(H,15,19). The predicted octanol–water partition coefficient (Wildman–Crippen LogP) is 0.913. The molecule has 0 bridgehead atoms. The minimum Gasteiger partial charge on any atom is -0.349 e. The van der Waals surface area contributed by atoms with Crippen LogP contribution in [0.2, 0.25) is 0 Å². The zero-order valence-corrected chi connectivity index (χ0v) is 12.0. The van der Waals surface area contributed by atoms with Crippen molar-refractivity contribution in [3.8, 4) is 5.69 Å². The minimum absolute atomic E-state index is 0.0302. The van der Waals surface area contributed by atoms with Gasteiger partial charge in [0.2, 0.25) is 5.91 Å². The van der Waals surface area contributed by atoms with Crippen molar-refractivity contribution in [1.29, 1.82) is 0 Å². The molecule has 1 amide bonds. The highest BCUT2D eigenvalue weighted by Gasteiger charge is 2.07. The van der Waals surface area contributed by atoms with Crippen LogP contribution in [0.4, 0.5) is 0 Å². The fourth-order valence-electron chi connectivity index (χ4n) is 1.56. The predicted molar refractivity (Wildman–Crippen MR) is 74.7 cm³/mol. The van der Waals surface area contributed by atoms with Gasteiger partial charge in [0.25, 0.3) is 0 Å². The molecular formula is C12H14BrN5O. The maximum atomic E-state index is 11.1. The Kier molecular flexibility index (Phi) is 4.28. The minimum atomic E-state index is -0.216. The number of aromatic nitrogens is 3. The van der Waals surface area contributed by atoms with E-state index in [1.165, 1.54) is 0 Å². The van der Waals surface area contributed by atoms with Crippen LogP contribution in [-0.4, -0.2) is 27.4 Å². The van der Waals surface area contributed by atoms with Crippen LogP contribution < -0.4 is 11.1 Å². The topological polar surface area (TPSA) is 85.8 Å². The maximum Gasteiger partial charge on any atom is 0.234 e. The summed E-state index contributed by atoms with van der Waals surface area (Å²) in [5.74, 6) is -0.216. The van der Waals surface area contributed by atoms with Crippen LogP contribution in [0, 0.1) is 6.92 Å². The number of aryl methyl sites for hydroxylation is 1. The SMILES string of the molecule is Cc1ccc(Br)c(-n2cc(CNC(=O)CN)nn2)c1. The Hall–Kier alpha value is -1.73. The van der Waals surface area contributed by atoms with Crippen molar-refractivity contribution in [2.45, 2.75) is 13.5 Å². The van der Waals surface area contributed by atoms with E-state index in [9.17, 15) is 4.79 Å². The second kappa shape index (κ2) is 5.94. The molecule has 0 saturated carbocycles. The molecule has 0 radical (unpaired) electrons. The van der Waals surface area contributed by atoms with Gasteiger partial charge in [-0.25, -0.2) is 4.68 Å². The highest BCUT2D eigenvalue weighted by atomic mass is 79.9. The summed E-state index contributed by atoms with van der Waals surface area (Å²) in [7, 11) is 0. The molecule has 1 aromatic heterocycles. The van der Waals surface area contributed by atoms with Crippen LogP contribution in [0.3, 0.4) is 0 Å². The highest BCUT2D eigenvalue weighted by Crippen LogP contribution is 2.21. The molecule has 2 rings (SSSR count). The van der Waals surface area contributed by atoms with Gasteiger partial charge in [-0.2, -0.15) is 0 Å². The molecule has 100 valence electrons. The Morgan fingerprint density at radius 1 is 1.53 bits per heavy atom. The Morgan fingerprint density at radius 3 is 3.05 bits per heavy atom. The van der Waals surface area contributed by atoms with E-state index in [2.05, 4.69) is 31.6 Å². The summed E-state index contributed by atoms with van der Waals surface area (Å²) in [6, 6.07) is 5.97. The molecule has 0 spiro atoms. The van der Waals surface area contributed by atoms with Gasteiger partial charge in [-0.15, -0.1) is 5.10 Å². The van der Waals surface area contributed by atoms with E-state index in [0.29, 0.717) is 12.2 Å². The number of nitrogens with zero attached hydrogens (tertiary/aromatic N) is 3. The first-order chi connectivity index (χ1) is 9.10. The summed E-state index contributed by atoms with van der Waals surface area (Å²) in [6.07, 6.45) is 1.77. The molecule has 7 heteroatoms. The molecule has 0 aliphatic heterocycles. The largest absolute Gasteiger partial charge is 0.349 e. The van der Waals surface area contributed by atoms with Gasteiger partial charge in [-0.05, 0) is 40.5 Å². The summed E-state index contributed by atoms with van der Waals surface area (Å²) in [6.45, 7) is 2.30. The van der Waals surface area contributed by atoms with Crippen molar-refractivity contribution < 1.29 is 4.79 Å². The third-order valence-corrected chi connectivity index (χ3v) is 3.21. The number of rotatable bonds is 4. The second-order valence-corrected chi connectivity index (χ2v) is 4.94. The number of amides is 1. The number of nitrogens with two attached hydrogens (primary N) is 1. The molecule has 0 fully saturated rings. The number of carbonyl (C=O) groups excluding carboxylic acids is 1.